The molecule has 0 N–H and O–H groups in total. The minimum Gasteiger partial charge on any atom is -0.487 e. The summed E-state index contributed by atoms with van der Waals surface area (Å²) in [7, 11) is -3.61. The Morgan fingerprint density at radius 1 is 1.00 bits per heavy atom. The van der Waals surface area contributed by atoms with E-state index < -0.39 is 16.0 Å². The van der Waals surface area contributed by atoms with E-state index in [4.69, 9.17) is 37.4 Å². The fraction of sp³-hybridized carbons (Fsp3) is 0.316. The van der Waals surface area contributed by atoms with Crippen LogP contribution in [0.5, 0.6) is 5.75 Å². The fourth-order valence-electron chi connectivity index (χ4n) is 2.68. The highest BCUT2D eigenvalue weighted by Crippen LogP contribution is 2.32. The number of rotatable bonds is 7. The molecule has 0 aliphatic carbocycles. The number of carbonyl (C=O) groups is 1. The van der Waals surface area contributed by atoms with Crippen molar-refractivity contribution in [3.8, 4) is 5.75 Å². The fourth-order valence-corrected chi connectivity index (χ4v) is 4.60. The van der Waals surface area contributed by atoms with Crippen LogP contribution in [-0.2, 0) is 19.5 Å². The third-order valence-electron chi connectivity index (χ3n) is 4.18. The van der Waals surface area contributed by atoms with Crippen LogP contribution in [0.1, 0.15) is 10.4 Å². The molecule has 2 aromatic carbocycles. The lowest BCUT2D eigenvalue weighted by atomic mass is 10.2. The van der Waals surface area contributed by atoms with E-state index in [1.165, 1.54) is 28.6 Å². The van der Waals surface area contributed by atoms with E-state index in [9.17, 15) is 13.2 Å². The van der Waals surface area contributed by atoms with Gasteiger partial charge in [0, 0.05) is 13.1 Å². The van der Waals surface area contributed by atoms with Gasteiger partial charge >= 0.3 is 5.97 Å². The molecule has 0 saturated carbocycles. The maximum atomic E-state index is 12.6. The average Bonchev–Trinajstić information content (AvgIpc) is 2.73. The Balaban J connectivity index is 1.54. The number of esters is 1. The Labute approximate surface area is 179 Å². The van der Waals surface area contributed by atoms with Gasteiger partial charge in [0.2, 0.25) is 10.0 Å². The number of para-hydroxylation sites is 1. The van der Waals surface area contributed by atoms with E-state index >= 15 is 0 Å². The summed E-state index contributed by atoms with van der Waals surface area (Å²) in [6, 6.07) is 10.6. The molecule has 10 heteroatoms. The number of ether oxygens (including phenoxy) is 3. The van der Waals surface area contributed by atoms with Crippen LogP contribution >= 0.6 is 23.2 Å². The van der Waals surface area contributed by atoms with Crippen LogP contribution in [0, 0.1) is 0 Å². The normalized spacial score (nSPS) is 15.1. The predicted octanol–water partition coefficient (Wildman–Crippen LogP) is 3.25. The standard InChI is InChI=1S/C19H19Cl2NO6S/c20-16-2-1-3-17(21)18(16)27-12-13-28-19(23)14-4-6-15(7-5-14)29(24,25)22-8-10-26-11-9-22/h1-7H,8-13H2. The lowest BCUT2D eigenvalue weighted by Gasteiger charge is -2.26. The third-order valence-corrected chi connectivity index (χ3v) is 6.69. The summed E-state index contributed by atoms with van der Waals surface area (Å²) in [5, 5.41) is 0.724. The van der Waals surface area contributed by atoms with Crippen LogP contribution in [0.4, 0.5) is 0 Å². The van der Waals surface area contributed by atoms with E-state index in [0.29, 0.717) is 42.1 Å². The van der Waals surface area contributed by atoms with E-state index in [1.54, 1.807) is 18.2 Å². The van der Waals surface area contributed by atoms with Crippen LogP contribution < -0.4 is 4.74 Å². The van der Waals surface area contributed by atoms with E-state index in [1.807, 2.05) is 0 Å². The van der Waals surface area contributed by atoms with Crippen LogP contribution in [0.3, 0.4) is 0 Å². The van der Waals surface area contributed by atoms with E-state index in [-0.39, 0.29) is 23.7 Å². The molecule has 1 aliphatic heterocycles. The number of benzene rings is 2. The van der Waals surface area contributed by atoms with Crippen molar-refractivity contribution in [2.75, 3.05) is 39.5 Å². The zero-order valence-electron chi connectivity index (χ0n) is 15.3. The summed E-state index contributed by atoms with van der Waals surface area (Å²) >= 11 is 12.0. The van der Waals surface area contributed by atoms with Gasteiger partial charge in [0.05, 0.1) is 33.7 Å². The number of halogens is 2. The Morgan fingerprint density at radius 2 is 1.62 bits per heavy atom. The first kappa shape index (κ1) is 21.9. The van der Waals surface area contributed by atoms with Crippen molar-refractivity contribution in [3.05, 3.63) is 58.1 Å². The summed E-state index contributed by atoms with van der Waals surface area (Å²) in [5.41, 5.74) is 0.238. The highest BCUT2D eigenvalue weighted by atomic mass is 35.5. The Morgan fingerprint density at radius 3 is 2.24 bits per heavy atom. The summed E-state index contributed by atoms with van der Waals surface area (Å²) in [6.45, 7) is 1.40. The van der Waals surface area contributed by atoms with Gasteiger partial charge in [0.1, 0.15) is 13.2 Å². The molecule has 156 valence electrons. The molecule has 0 radical (unpaired) electrons. The van der Waals surface area contributed by atoms with Gasteiger partial charge in [-0.2, -0.15) is 4.31 Å². The Hall–Kier alpha value is -1.84. The number of hydrogen-bond acceptors (Lipinski definition) is 6. The lowest BCUT2D eigenvalue weighted by Crippen LogP contribution is -2.40. The zero-order valence-corrected chi connectivity index (χ0v) is 17.7. The van der Waals surface area contributed by atoms with Gasteiger partial charge in [-0.25, -0.2) is 13.2 Å². The van der Waals surface area contributed by atoms with Gasteiger partial charge in [0.15, 0.2) is 5.75 Å². The topological polar surface area (TPSA) is 82.1 Å². The molecule has 7 nitrogen and oxygen atoms in total. The average molecular weight is 460 g/mol. The lowest BCUT2D eigenvalue weighted by molar-refractivity contribution is 0.0450. The van der Waals surface area contributed by atoms with Crippen LogP contribution in [0.25, 0.3) is 0 Å². The van der Waals surface area contributed by atoms with Crippen molar-refractivity contribution < 1.29 is 27.4 Å². The van der Waals surface area contributed by atoms with Crippen molar-refractivity contribution in [2.45, 2.75) is 4.90 Å². The van der Waals surface area contributed by atoms with Crippen molar-refractivity contribution in [3.63, 3.8) is 0 Å². The summed E-state index contributed by atoms with van der Waals surface area (Å²) in [4.78, 5) is 12.3. The van der Waals surface area contributed by atoms with Gasteiger partial charge in [-0.15, -0.1) is 0 Å². The molecule has 0 bridgehead atoms. The molecule has 0 amide bonds. The molecular formula is C19H19Cl2NO6S. The number of nitrogens with zero attached hydrogens (tertiary/aromatic N) is 1. The molecule has 2 aromatic rings. The second-order valence-electron chi connectivity index (χ2n) is 6.08. The molecule has 1 heterocycles. The molecule has 0 aromatic heterocycles. The monoisotopic (exact) mass is 459 g/mol. The third kappa shape index (κ3) is 5.40. The molecule has 0 spiro atoms. The second kappa shape index (κ2) is 9.77. The molecule has 3 rings (SSSR count). The van der Waals surface area contributed by atoms with Crippen molar-refractivity contribution in [1.82, 2.24) is 4.31 Å². The SMILES string of the molecule is O=C(OCCOc1c(Cl)cccc1Cl)c1ccc(S(=O)(=O)N2CCOCC2)cc1. The van der Waals surface area contributed by atoms with Gasteiger partial charge < -0.3 is 14.2 Å². The Bertz CT molecular complexity index is 939. The van der Waals surface area contributed by atoms with Crippen molar-refractivity contribution in [1.29, 1.82) is 0 Å². The van der Waals surface area contributed by atoms with Gasteiger partial charge in [-0.05, 0) is 36.4 Å². The maximum absolute atomic E-state index is 12.6. The smallest absolute Gasteiger partial charge is 0.338 e. The van der Waals surface area contributed by atoms with Crippen LogP contribution in [0.15, 0.2) is 47.4 Å². The van der Waals surface area contributed by atoms with Crippen LogP contribution in [-0.4, -0.2) is 58.2 Å². The number of sulfonamides is 1. The van der Waals surface area contributed by atoms with E-state index in [0.717, 1.165) is 0 Å². The minimum atomic E-state index is -3.61. The molecule has 0 atom stereocenters. The van der Waals surface area contributed by atoms with Gasteiger partial charge in [0.25, 0.3) is 0 Å². The summed E-state index contributed by atoms with van der Waals surface area (Å²) in [5.74, 6) is -0.265. The molecule has 1 fully saturated rings. The molecule has 29 heavy (non-hydrogen) atoms. The largest absolute Gasteiger partial charge is 0.487 e. The molecule has 0 unspecified atom stereocenters. The second-order valence-corrected chi connectivity index (χ2v) is 8.83. The number of carbonyl (C=O) groups excluding carboxylic acids is 1. The molecular weight excluding hydrogens is 441 g/mol. The van der Waals surface area contributed by atoms with Crippen molar-refractivity contribution in [2.24, 2.45) is 0 Å². The van der Waals surface area contributed by atoms with Crippen LogP contribution in [0.2, 0.25) is 10.0 Å². The number of morpholine rings is 1. The highest BCUT2D eigenvalue weighted by molar-refractivity contribution is 7.89. The first-order chi connectivity index (χ1) is 13.9. The summed E-state index contributed by atoms with van der Waals surface area (Å²) < 4.78 is 42.3. The Kier molecular flexibility index (Phi) is 7.37. The maximum Gasteiger partial charge on any atom is 0.338 e. The molecule has 1 aliphatic rings. The van der Waals surface area contributed by atoms with Crippen molar-refractivity contribution >= 4 is 39.2 Å². The first-order valence-corrected chi connectivity index (χ1v) is 11.0. The quantitative estimate of drug-likeness (QED) is 0.466. The van der Waals surface area contributed by atoms with Gasteiger partial charge in [-0.1, -0.05) is 29.3 Å². The first-order valence-electron chi connectivity index (χ1n) is 8.81. The highest BCUT2D eigenvalue weighted by Gasteiger charge is 2.26. The summed E-state index contributed by atoms with van der Waals surface area (Å²) in [6.07, 6.45) is 0. The number of hydrogen-bond donors (Lipinski definition) is 0. The van der Waals surface area contributed by atoms with Gasteiger partial charge in [-0.3, -0.25) is 0 Å². The minimum absolute atomic E-state index is 0.0196. The predicted molar refractivity (Wildman–Crippen MR) is 108 cm³/mol. The van der Waals surface area contributed by atoms with E-state index in [2.05, 4.69) is 0 Å². The molecule has 1 saturated heterocycles. The zero-order chi connectivity index (χ0) is 20.9.